The number of hydrogen-bond donors (Lipinski definition) is 0. The van der Waals surface area contributed by atoms with Crippen LogP contribution in [0.1, 0.15) is 17.4 Å². The summed E-state index contributed by atoms with van der Waals surface area (Å²) in [6.45, 7) is 5.32. The first kappa shape index (κ1) is 11.8. The standard InChI is InChI=1S/C13H13NO2S/c1-8-4-6-11(7-5-8)13-14-12(9(2)17-13)16-10(3)15/h4-7H,1-3H3. The van der Waals surface area contributed by atoms with Crippen LogP contribution in [0, 0.1) is 13.8 Å². The number of rotatable bonds is 2. The molecular weight excluding hydrogens is 234 g/mol. The molecule has 1 aromatic carbocycles. The molecule has 2 aromatic rings. The summed E-state index contributed by atoms with van der Waals surface area (Å²) in [5.74, 6) is 0.0759. The molecule has 4 heteroatoms. The Bertz CT molecular complexity index is 543. The van der Waals surface area contributed by atoms with E-state index in [4.69, 9.17) is 4.74 Å². The fraction of sp³-hybridized carbons (Fsp3) is 0.231. The van der Waals surface area contributed by atoms with Crippen LogP contribution in [0.15, 0.2) is 24.3 Å². The topological polar surface area (TPSA) is 39.2 Å². The molecule has 0 spiro atoms. The molecule has 1 heterocycles. The Kier molecular flexibility index (Phi) is 3.24. The van der Waals surface area contributed by atoms with E-state index in [1.165, 1.54) is 23.8 Å². The van der Waals surface area contributed by atoms with Crippen LogP contribution in [0.3, 0.4) is 0 Å². The summed E-state index contributed by atoms with van der Waals surface area (Å²) in [5.41, 5.74) is 2.25. The summed E-state index contributed by atoms with van der Waals surface area (Å²) in [6.07, 6.45) is 0. The van der Waals surface area contributed by atoms with Gasteiger partial charge in [0.15, 0.2) is 0 Å². The van der Waals surface area contributed by atoms with Crippen molar-refractivity contribution >= 4 is 17.3 Å². The zero-order chi connectivity index (χ0) is 12.4. The molecule has 1 aromatic heterocycles. The maximum absolute atomic E-state index is 10.9. The van der Waals surface area contributed by atoms with Gasteiger partial charge in [0.05, 0.1) is 4.88 Å². The van der Waals surface area contributed by atoms with Crippen molar-refractivity contribution in [3.8, 4) is 16.5 Å². The number of esters is 1. The van der Waals surface area contributed by atoms with Gasteiger partial charge in [-0.2, -0.15) is 0 Å². The van der Waals surface area contributed by atoms with Gasteiger partial charge < -0.3 is 4.74 Å². The van der Waals surface area contributed by atoms with Crippen LogP contribution in [0.2, 0.25) is 0 Å². The summed E-state index contributed by atoms with van der Waals surface area (Å²) in [5, 5.41) is 0.874. The minimum Gasteiger partial charge on any atom is -0.406 e. The SMILES string of the molecule is CC(=O)Oc1nc(-c2ccc(C)cc2)sc1C. The van der Waals surface area contributed by atoms with Crippen molar-refractivity contribution < 1.29 is 9.53 Å². The van der Waals surface area contributed by atoms with Crippen LogP contribution in [0.4, 0.5) is 0 Å². The molecule has 0 amide bonds. The van der Waals surface area contributed by atoms with Crippen molar-refractivity contribution in [2.75, 3.05) is 0 Å². The van der Waals surface area contributed by atoms with Gasteiger partial charge in [0.2, 0.25) is 5.88 Å². The normalized spacial score (nSPS) is 10.3. The Hall–Kier alpha value is -1.68. The number of nitrogens with zero attached hydrogens (tertiary/aromatic N) is 1. The van der Waals surface area contributed by atoms with E-state index in [0.29, 0.717) is 5.88 Å². The van der Waals surface area contributed by atoms with E-state index in [1.54, 1.807) is 0 Å². The molecule has 0 N–H and O–H groups in total. The predicted octanol–water partition coefficient (Wildman–Crippen LogP) is 3.35. The molecule has 0 saturated carbocycles. The fourth-order valence-electron chi connectivity index (χ4n) is 1.43. The van der Waals surface area contributed by atoms with Gasteiger partial charge in [-0.3, -0.25) is 4.79 Å². The van der Waals surface area contributed by atoms with Crippen LogP contribution in [-0.2, 0) is 4.79 Å². The number of hydrogen-bond acceptors (Lipinski definition) is 4. The third-order valence-electron chi connectivity index (χ3n) is 2.29. The van der Waals surface area contributed by atoms with Crippen molar-refractivity contribution in [3.05, 3.63) is 34.7 Å². The molecule has 0 saturated heterocycles. The second-order valence-corrected chi connectivity index (χ2v) is 5.04. The van der Waals surface area contributed by atoms with Crippen LogP contribution in [0.5, 0.6) is 5.88 Å². The smallest absolute Gasteiger partial charge is 0.309 e. The molecule has 0 aliphatic heterocycles. The second kappa shape index (κ2) is 4.67. The molecule has 2 rings (SSSR count). The number of aryl methyl sites for hydroxylation is 2. The van der Waals surface area contributed by atoms with Crippen molar-refractivity contribution in [2.45, 2.75) is 20.8 Å². The van der Waals surface area contributed by atoms with Crippen LogP contribution in [-0.4, -0.2) is 11.0 Å². The highest BCUT2D eigenvalue weighted by Gasteiger charge is 2.11. The largest absolute Gasteiger partial charge is 0.406 e. The maximum atomic E-state index is 10.9. The van der Waals surface area contributed by atoms with Crippen molar-refractivity contribution in [1.29, 1.82) is 0 Å². The molecule has 0 aliphatic carbocycles. The first-order chi connectivity index (χ1) is 8.06. The average Bonchev–Trinajstić information content (AvgIpc) is 2.60. The highest BCUT2D eigenvalue weighted by atomic mass is 32.1. The first-order valence-corrected chi connectivity index (χ1v) is 6.11. The first-order valence-electron chi connectivity index (χ1n) is 5.29. The predicted molar refractivity (Wildman–Crippen MR) is 68.3 cm³/mol. The lowest BCUT2D eigenvalue weighted by atomic mass is 10.2. The number of aromatic nitrogens is 1. The number of benzene rings is 1. The average molecular weight is 247 g/mol. The number of carbonyl (C=O) groups excluding carboxylic acids is 1. The summed E-state index contributed by atoms with van der Waals surface area (Å²) in [6, 6.07) is 8.12. The van der Waals surface area contributed by atoms with Gasteiger partial charge in [0.25, 0.3) is 0 Å². The van der Waals surface area contributed by atoms with Crippen LogP contribution >= 0.6 is 11.3 Å². The Morgan fingerprint density at radius 1 is 1.24 bits per heavy atom. The quantitative estimate of drug-likeness (QED) is 0.764. The van der Waals surface area contributed by atoms with Gasteiger partial charge in [0.1, 0.15) is 5.01 Å². The van der Waals surface area contributed by atoms with Gasteiger partial charge in [-0.05, 0) is 13.8 Å². The minimum atomic E-state index is -0.339. The summed E-state index contributed by atoms with van der Waals surface area (Å²) in [7, 11) is 0. The van der Waals surface area contributed by atoms with Crippen molar-refractivity contribution in [3.63, 3.8) is 0 Å². The Balaban J connectivity index is 2.34. The molecule has 0 unspecified atom stereocenters. The van der Waals surface area contributed by atoms with E-state index in [-0.39, 0.29) is 5.97 Å². The van der Waals surface area contributed by atoms with E-state index in [2.05, 4.69) is 4.98 Å². The monoisotopic (exact) mass is 247 g/mol. The second-order valence-electron chi connectivity index (χ2n) is 3.84. The maximum Gasteiger partial charge on any atom is 0.309 e. The molecule has 0 aliphatic rings. The number of carbonyl (C=O) groups is 1. The van der Waals surface area contributed by atoms with Crippen molar-refractivity contribution in [2.24, 2.45) is 0 Å². The lowest BCUT2D eigenvalue weighted by Gasteiger charge is -1.97. The summed E-state index contributed by atoms with van der Waals surface area (Å²) >= 11 is 1.53. The fourth-order valence-corrected chi connectivity index (χ4v) is 2.28. The molecule has 88 valence electrons. The third-order valence-corrected chi connectivity index (χ3v) is 3.29. The Morgan fingerprint density at radius 2 is 1.88 bits per heavy atom. The van der Waals surface area contributed by atoms with E-state index >= 15 is 0 Å². The van der Waals surface area contributed by atoms with Gasteiger partial charge >= 0.3 is 5.97 Å². The van der Waals surface area contributed by atoms with E-state index in [1.807, 2.05) is 38.1 Å². The zero-order valence-electron chi connectivity index (χ0n) is 9.98. The summed E-state index contributed by atoms with van der Waals surface area (Å²) < 4.78 is 5.03. The van der Waals surface area contributed by atoms with E-state index < -0.39 is 0 Å². The summed E-state index contributed by atoms with van der Waals surface area (Å²) in [4.78, 5) is 16.1. The van der Waals surface area contributed by atoms with Gasteiger partial charge in [-0.25, -0.2) is 4.98 Å². The Labute approximate surface area is 104 Å². The molecule has 0 atom stereocenters. The van der Waals surface area contributed by atoms with Gasteiger partial charge in [-0.15, -0.1) is 11.3 Å². The lowest BCUT2D eigenvalue weighted by molar-refractivity contribution is -0.132. The number of thiazole rings is 1. The molecule has 0 fully saturated rings. The molecule has 3 nitrogen and oxygen atoms in total. The Morgan fingerprint density at radius 3 is 2.47 bits per heavy atom. The van der Waals surface area contributed by atoms with Crippen molar-refractivity contribution in [1.82, 2.24) is 4.98 Å². The van der Waals surface area contributed by atoms with Gasteiger partial charge in [0, 0.05) is 12.5 Å². The van der Waals surface area contributed by atoms with E-state index in [9.17, 15) is 4.79 Å². The molecule has 0 bridgehead atoms. The number of ether oxygens (including phenoxy) is 1. The molecule has 0 radical (unpaired) electrons. The van der Waals surface area contributed by atoms with Crippen LogP contribution in [0.25, 0.3) is 10.6 Å². The van der Waals surface area contributed by atoms with Gasteiger partial charge in [-0.1, -0.05) is 29.8 Å². The molecule has 17 heavy (non-hydrogen) atoms. The highest BCUT2D eigenvalue weighted by Crippen LogP contribution is 2.31. The zero-order valence-corrected chi connectivity index (χ0v) is 10.8. The highest BCUT2D eigenvalue weighted by molar-refractivity contribution is 7.15. The lowest BCUT2D eigenvalue weighted by Crippen LogP contribution is -2.02. The third kappa shape index (κ3) is 2.71. The molecular formula is C13H13NO2S. The van der Waals surface area contributed by atoms with E-state index in [0.717, 1.165) is 15.4 Å². The van der Waals surface area contributed by atoms with Crippen LogP contribution < -0.4 is 4.74 Å². The minimum absolute atomic E-state index is 0.339.